The molecule has 0 aliphatic heterocycles. The van der Waals surface area contributed by atoms with Crippen LogP contribution in [0.3, 0.4) is 0 Å². The van der Waals surface area contributed by atoms with Gasteiger partial charge < -0.3 is 5.32 Å². The lowest BCUT2D eigenvalue weighted by molar-refractivity contribution is 0.923. The van der Waals surface area contributed by atoms with Crippen LogP contribution < -0.4 is 5.32 Å². The fourth-order valence-corrected chi connectivity index (χ4v) is 2.55. The van der Waals surface area contributed by atoms with Crippen molar-refractivity contribution in [3.8, 4) is 11.4 Å². The van der Waals surface area contributed by atoms with Gasteiger partial charge in [0.15, 0.2) is 0 Å². The van der Waals surface area contributed by atoms with Crippen LogP contribution >= 0.6 is 0 Å². The standard InChI is InChI=1S/C16H17N5/c1-2-17-14-10-12(19-16(20-14)11-6-7-11)13-4-3-5-15-18-8-9-21(13)15/h3-5,8-11H,2,6-7H2,1H3,(H,17,19,20). The van der Waals surface area contributed by atoms with Gasteiger partial charge in [0.25, 0.3) is 0 Å². The third kappa shape index (κ3) is 2.24. The highest BCUT2D eigenvalue weighted by Crippen LogP contribution is 2.39. The molecular weight excluding hydrogens is 262 g/mol. The zero-order valence-electron chi connectivity index (χ0n) is 12.0. The molecule has 1 aliphatic rings. The van der Waals surface area contributed by atoms with E-state index in [1.807, 2.05) is 30.6 Å². The Morgan fingerprint density at radius 1 is 1.29 bits per heavy atom. The Morgan fingerprint density at radius 2 is 2.19 bits per heavy atom. The van der Waals surface area contributed by atoms with E-state index in [4.69, 9.17) is 4.98 Å². The van der Waals surface area contributed by atoms with Crippen molar-refractivity contribution in [2.24, 2.45) is 0 Å². The molecular formula is C16H17N5. The number of nitrogens with zero attached hydrogens (tertiary/aromatic N) is 4. The first-order chi connectivity index (χ1) is 10.3. The van der Waals surface area contributed by atoms with Gasteiger partial charge in [-0.15, -0.1) is 0 Å². The highest BCUT2D eigenvalue weighted by molar-refractivity contribution is 5.63. The average molecular weight is 279 g/mol. The summed E-state index contributed by atoms with van der Waals surface area (Å²) in [4.78, 5) is 13.7. The molecule has 0 saturated heterocycles. The highest BCUT2D eigenvalue weighted by Gasteiger charge is 2.27. The summed E-state index contributed by atoms with van der Waals surface area (Å²) in [7, 11) is 0. The zero-order chi connectivity index (χ0) is 14.2. The molecule has 0 atom stereocenters. The lowest BCUT2D eigenvalue weighted by atomic mass is 10.2. The number of hydrogen-bond acceptors (Lipinski definition) is 4. The molecule has 0 amide bonds. The molecule has 21 heavy (non-hydrogen) atoms. The first-order valence-electron chi connectivity index (χ1n) is 7.40. The molecule has 3 aromatic heterocycles. The monoisotopic (exact) mass is 279 g/mol. The van der Waals surface area contributed by atoms with Crippen LogP contribution in [0.5, 0.6) is 0 Å². The van der Waals surface area contributed by atoms with Crippen molar-refractivity contribution in [1.82, 2.24) is 19.4 Å². The van der Waals surface area contributed by atoms with Crippen LogP contribution in [-0.2, 0) is 0 Å². The molecule has 1 saturated carbocycles. The van der Waals surface area contributed by atoms with Gasteiger partial charge in [0.05, 0.1) is 11.4 Å². The van der Waals surface area contributed by atoms with E-state index in [1.54, 1.807) is 0 Å². The number of rotatable bonds is 4. The van der Waals surface area contributed by atoms with Crippen molar-refractivity contribution >= 4 is 11.5 Å². The van der Waals surface area contributed by atoms with Crippen molar-refractivity contribution in [2.45, 2.75) is 25.7 Å². The van der Waals surface area contributed by atoms with Gasteiger partial charge in [-0.2, -0.15) is 0 Å². The normalized spacial score (nSPS) is 14.5. The van der Waals surface area contributed by atoms with E-state index < -0.39 is 0 Å². The van der Waals surface area contributed by atoms with Crippen LogP contribution in [0, 0.1) is 0 Å². The maximum absolute atomic E-state index is 4.78. The van der Waals surface area contributed by atoms with Crippen molar-refractivity contribution in [2.75, 3.05) is 11.9 Å². The second-order valence-corrected chi connectivity index (χ2v) is 5.37. The third-order valence-electron chi connectivity index (χ3n) is 3.73. The van der Waals surface area contributed by atoms with Crippen molar-refractivity contribution in [3.05, 3.63) is 42.5 Å². The predicted octanol–water partition coefficient (Wildman–Crippen LogP) is 3.10. The quantitative estimate of drug-likeness (QED) is 0.797. The Bertz CT molecular complexity index is 788. The summed E-state index contributed by atoms with van der Waals surface area (Å²) in [5.74, 6) is 2.39. The molecule has 5 nitrogen and oxygen atoms in total. The minimum atomic E-state index is 0.532. The van der Waals surface area contributed by atoms with Crippen LogP contribution in [0.25, 0.3) is 17.0 Å². The van der Waals surface area contributed by atoms with Gasteiger partial charge in [0.2, 0.25) is 0 Å². The van der Waals surface area contributed by atoms with Gasteiger partial charge in [0.1, 0.15) is 17.3 Å². The van der Waals surface area contributed by atoms with E-state index in [2.05, 4.69) is 32.7 Å². The summed E-state index contributed by atoms with van der Waals surface area (Å²) >= 11 is 0. The molecule has 3 aromatic rings. The molecule has 106 valence electrons. The number of imidazole rings is 1. The number of anilines is 1. The summed E-state index contributed by atoms with van der Waals surface area (Å²) in [6.45, 7) is 2.94. The summed E-state index contributed by atoms with van der Waals surface area (Å²) in [6, 6.07) is 8.11. The molecule has 1 N–H and O–H groups in total. The zero-order valence-corrected chi connectivity index (χ0v) is 12.0. The van der Waals surface area contributed by atoms with Gasteiger partial charge in [-0.1, -0.05) is 6.07 Å². The fourth-order valence-electron chi connectivity index (χ4n) is 2.55. The predicted molar refractivity (Wildman–Crippen MR) is 82.4 cm³/mol. The van der Waals surface area contributed by atoms with Gasteiger partial charge >= 0.3 is 0 Å². The van der Waals surface area contributed by atoms with E-state index in [1.165, 1.54) is 12.8 Å². The van der Waals surface area contributed by atoms with E-state index >= 15 is 0 Å². The second-order valence-electron chi connectivity index (χ2n) is 5.37. The van der Waals surface area contributed by atoms with E-state index in [9.17, 15) is 0 Å². The van der Waals surface area contributed by atoms with Crippen molar-refractivity contribution in [3.63, 3.8) is 0 Å². The molecule has 3 heterocycles. The van der Waals surface area contributed by atoms with Crippen LogP contribution in [-0.4, -0.2) is 25.9 Å². The molecule has 0 radical (unpaired) electrons. The second kappa shape index (κ2) is 4.84. The van der Waals surface area contributed by atoms with Gasteiger partial charge in [-0.3, -0.25) is 4.40 Å². The lowest BCUT2D eigenvalue weighted by Gasteiger charge is -2.10. The lowest BCUT2D eigenvalue weighted by Crippen LogP contribution is -2.05. The highest BCUT2D eigenvalue weighted by atomic mass is 15.1. The average Bonchev–Trinajstić information content (AvgIpc) is 3.24. The summed E-state index contributed by atoms with van der Waals surface area (Å²) < 4.78 is 2.06. The van der Waals surface area contributed by atoms with E-state index in [0.717, 1.165) is 35.2 Å². The Kier molecular flexibility index (Phi) is 2.84. The summed E-state index contributed by atoms with van der Waals surface area (Å²) in [5, 5.41) is 3.31. The Morgan fingerprint density at radius 3 is 3.00 bits per heavy atom. The fraction of sp³-hybridized carbons (Fsp3) is 0.312. The number of aromatic nitrogens is 4. The number of fused-ring (bicyclic) bond motifs is 1. The van der Waals surface area contributed by atoms with Gasteiger partial charge in [-0.25, -0.2) is 15.0 Å². The Hall–Kier alpha value is -2.43. The van der Waals surface area contributed by atoms with Crippen molar-refractivity contribution in [1.29, 1.82) is 0 Å². The first kappa shape index (κ1) is 12.3. The van der Waals surface area contributed by atoms with Crippen LogP contribution in [0.15, 0.2) is 36.7 Å². The van der Waals surface area contributed by atoms with E-state index in [0.29, 0.717) is 5.92 Å². The molecule has 0 aromatic carbocycles. The van der Waals surface area contributed by atoms with E-state index in [-0.39, 0.29) is 0 Å². The molecule has 1 aliphatic carbocycles. The largest absolute Gasteiger partial charge is 0.370 e. The molecule has 0 unspecified atom stereocenters. The SMILES string of the molecule is CCNc1cc(-c2cccc3nccn23)nc(C2CC2)n1. The molecule has 4 rings (SSSR count). The van der Waals surface area contributed by atoms with Crippen LogP contribution in [0.2, 0.25) is 0 Å². The minimum absolute atomic E-state index is 0.532. The minimum Gasteiger partial charge on any atom is -0.370 e. The maximum atomic E-state index is 4.78. The Labute approximate surface area is 123 Å². The Balaban J connectivity index is 1.88. The summed E-state index contributed by atoms with van der Waals surface area (Å²) in [6.07, 6.45) is 6.18. The molecule has 0 spiro atoms. The topological polar surface area (TPSA) is 55.1 Å². The summed E-state index contributed by atoms with van der Waals surface area (Å²) in [5.41, 5.74) is 2.93. The maximum Gasteiger partial charge on any atom is 0.137 e. The third-order valence-corrected chi connectivity index (χ3v) is 3.73. The molecule has 1 fully saturated rings. The molecule has 0 bridgehead atoms. The number of pyridine rings is 1. The van der Waals surface area contributed by atoms with Crippen molar-refractivity contribution < 1.29 is 0 Å². The van der Waals surface area contributed by atoms with Crippen LogP contribution in [0.1, 0.15) is 31.5 Å². The number of nitrogens with one attached hydrogen (secondary N) is 1. The molecule has 5 heteroatoms. The van der Waals surface area contributed by atoms with Gasteiger partial charge in [-0.05, 0) is 31.9 Å². The van der Waals surface area contributed by atoms with Crippen LogP contribution in [0.4, 0.5) is 5.82 Å². The van der Waals surface area contributed by atoms with Gasteiger partial charge in [0, 0.05) is 30.9 Å². The number of hydrogen-bond donors (Lipinski definition) is 1. The first-order valence-corrected chi connectivity index (χ1v) is 7.40. The smallest absolute Gasteiger partial charge is 0.137 e.